The van der Waals surface area contributed by atoms with Crippen molar-refractivity contribution in [1.82, 2.24) is 10.2 Å². The summed E-state index contributed by atoms with van der Waals surface area (Å²) in [5, 5.41) is 13.3. The molecule has 0 aromatic heterocycles. The molecule has 0 aliphatic heterocycles. The van der Waals surface area contributed by atoms with Gasteiger partial charge in [-0.15, -0.1) is 0 Å². The first-order valence-electron chi connectivity index (χ1n) is 8.58. The van der Waals surface area contributed by atoms with Gasteiger partial charge in [-0.25, -0.2) is 0 Å². The third-order valence-corrected chi connectivity index (χ3v) is 5.12. The summed E-state index contributed by atoms with van der Waals surface area (Å²) in [7, 11) is 1.89. The van der Waals surface area contributed by atoms with E-state index in [9.17, 15) is 9.90 Å². The van der Waals surface area contributed by atoms with Gasteiger partial charge in [0.05, 0.1) is 16.6 Å². The van der Waals surface area contributed by atoms with E-state index in [-0.39, 0.29) is 25.1 Å². The second-order valence-electron chi connectivity index (χ2n) is 6.17. The molecule has 2 N–H and O–H groups in total. The molecule has 0 aliphatic rings. The highest BCUT2D eigenvalue weighted by Gasteiger charge is 2.18. The van der Waals surface area contributed by atoms with Crippen molar-refractivity contribution in [2.24, 2.45) is 0 Å². The fraction of sp³-hybridized carbons (Fsp3) is 0.350. The van der Waals surface area contributed by atoms with E-state index in [1.54, 1.807) is 6.07 Å². The lowest BCUT2D eigenvalue weighted by molar-refractivity contribution is -0.122. The molecule has 6 heteroatoms. The van der Waals surface area contributed by atoms with Crippen molar-refractivity contribution in [3.8, 4) is 0 Å². The number of halogens is 2. The maximum atomic E-state index is 12.3. The highest BCUT2D eigenvalue weighted by molar-refractivity contribution is 6.42. The molecular formula is C20H24Cl2N2O2. The van der Waals surface area contributed by atoms with Crippen LogP contribution in [0.4, 0.5) is 0 Å². The maximum absolute atomic E-state index is 12.3. The number of aliphatic hydroxyl groups is 1. The van der Waals surface area contributed by atoms with E-state index in [4.69, 9.17) is 23.2 Å². The van der Waals surface area contributed by atoms with Gasteiger partial charge >= 0.3 is 0 Å². The number of carbonyl (C=O) groups is 1. The lowest BCUT2D eigenvalue weighted by Crippen LogP contribution is -2.38. The first-order valence-corrected chi connectivity index (χ1v) is 9.34. The fourth-order valence-electron chi connectivity index (χ4n) is 2.91. The van der Waals surface area contributed by atoms with Crippen molar-refractivity contribution in [2.75, 3.05) is 26.7 Å². The van der Waals surface area contributed by atoms with Crippen molar-refractivity contribution >= 4 is 29.1 Å². The van der Waals surface area contributed by atoms with Crippen molar-refractivity contribution in [1.29, 1.82) is 0 Å². The van der Waals surface area contributed by atoms with E-state index in [1.807, 2.05) is 54.4 Å². The summed E-state index contributed by atoms with van der Waals surface area (Å²) in [6.07, 6.45) is 1.19. The van der Waals surface area contributed by atoms with Crippen molar-refractivity contribution in [3.05, 3.63) is 69.7 Å². The van der Waals surface area contributed by atoms with E-state index in [0.717, 1.165) is 11.1 Å². The van der Waals surface area contributed by atoms with Crippen LogP contribution in [0, 0.1) is 0 Å². The number of likely N-dealkylation sites (N-methyl/N-ethyl adjacent to an activating group) is 1. The largest absolute Gasteiger partial charge is 0.396 e. The highest BCUT2D eigenvalue weighted by Crippen LogP contribution is 2.25. The van der Waals surface area contributed by atoms with Crippen LogP contribution in [0.1, 0.15) is 23.6 Å². The molecule has 0 spiro atoms. The number of carbonyl (C=O) groups excluding carboxylic acids is 1. The minimum absolute atomic E-state index is 0.00526. The molecule has 0 fully saturated rings. The van der Waals surface area contributed by atoms with Gasteiger partial charge in [0.25, 0.3) is 0 Å². The third kappa shape index (κ3) is 5.99. The normalized spacial score (nSPS) is 12.2. The molecule has 0 saturated heterocycles. The molecule has 2 rings (SSSR count). The number of nitrogens with zero attached hydrogens (tertiary/aromatic N) is 1. The smallest absolute Gasteiger partial charge is 0.234 e. The van der Waals surface area contributed by atoms with Crippen LogP contribution in [0.15, 0.2) is 48.5 Å². The number of aliphatic hydroxyl groups excluding tert-OH is 1. The zero-order valence-electron chi connectivity index (χ0n) is 14.8. The van der Waals surface area contributed by atoms with E-state index in [2.05, 4.69) is 5.32 Å². The predicted octanol–water partition coefficient (Wildman–Crippen LogP) is 3.71. The van der Waals surface area contributed by atoms with E-state index >= 15 is 0 Å². The summed E-state index contributed by atoms with van der Waals surface area (Å²) in [6.45, 7) is 0.810. The van der Waals surface area contributed by atoms with Gasteiger partial charge in [-0.05, 0) is 37.1 Å². The summed E-state index contributed by atoms with van der Waals surface area (Å²) in [6, 6.07) is 15.4. The van der Waals surface area contributed by atoms with Crippen molar-refractivity contribution in [2.45, 2.75) is 18.9 Å². The first-order chi connectivity index (χ1) is 12.5. The summed E-state index contributed by atoms with van der Waals surface area (Å²) in [5.74, 6) is -0.0653. The topological polar surface area (TPSA) is 52.6 Å². The minimum atomic E-state index is -0.0653. The Hall–Kier alpha value is -1.59. The number of benzene rings is 2. The van der Waals surface area contributed by atoms with Gasteiger partial charge in [0.1, 0.15) is 0 Å². The van der Waals surface area contributed by atoms with Crippen LogP contribution >= 0.6 is 23.2 Å². The average molecular weight is 395 g/mol. The Balaban J connectivity index is 1.86. The van der Waals surface area contributed by atoms with E-state index < -0.39 is 0 Å². The molecule has 140 valence electrons. The van der Waals surface area contributed by atoms with Gasteiger partial charge in [-0.1, -0.05) is 65.7 Å². The minimum Gasteiger partial charge on any atom is -0.396 e. The molecule has 2 aromatic carbocycles. The van der Waals surface area contributed by atoms with E-state index in [0.29, 0.717) is 29.4 Å². The molecule has 1 atom stereocenters. The number of rotatable bonds is 9. The van der Waals surface area contributed by atoms with Gasteiger partial charge in [0, 0.05) is 19.2 Å². The number of amides is 1. The SMILES string of the molecule is CN(CC(=O)NCCc1cccc(Cl)c1Cl)[C@H](CCO)c1ccccc1. The molecule has 0 saturated carbocycles. The Morgan fingerprint density at radius 3 is 2.58 bits per heavy atom. The van der Waals surface area contributed by atoms with E-state index in [1.165, 1.54) is 0 Å². The van der Waals surface area contributed by atoms with Crippen LogP contribution in [0.3, 0.4) is 0 Å². The van der Waals surface area contributed by atoms with Gasteiger partial charge in [-0.2, -0.15) is 0 Å². The Morgan fingerprint density at radius 1 is 1.15 bits per heavy atom. The van der Waals surface area contributed by atoms with Crippen LogP contribution in [0.2, 0.25) is 10.0 Å². The van der Waals surface area contributed by atoms with Crippen molar-refractivity contribution in [3.63, 3.8) is 0 Å². The molecule has 2 aromatic rings. The van der Waals surface area contributed by atoms with Gasteiger partial charge in [-0.3, -0.25) is 9.69 Å². The molecule has 26 heavy (non-hydrogen) atoms. The van der Waals surface area contributed by atoms with Crippen LogP contribution in [-0.4, -0.2) is 42.7 Å². The quantitative estimate of drug-likeness (QED) is 0.681. The number of nitrogens with one attached hydrogen (secondary N) is 1. The zero-order chi connectivity index (χ0) is 18.9. The number of hydrogen-bond acceptors (Lipinski definition) is 3. The summed E-state index contributed by atoms with van der Waals surface area (Å²) in [4.78, 5) is 14.2. The highest BCUT2D eigenvalue weighted by atomic mass is 35.5. The summed E-state index contributed by atoms with van der Waals surface area (Å²) >= 11 is 12.2. The Morgan fingerprint density at radius 2 is 1.88 bits per heavy atom. The van der Waals surface area contributed by atoms with Crippen molar-refractivity contribution < 1.29 is 9.90 Å². The van der Waals surface area contributed by atoms with Crippen LogP contribution in [0.5, 0.6) is 0 Å². The maximum Gasteiger partial charge on any atom is 0.234 e. The second kappa shape index (κ2) is 10.5. The summed E-state index contributed by atoms with van der Waals surface area (Å²) in [5.41, 5.74) is 2.00. The Bertz CT molecular complexity index is 710. The van der Waals surface area contributed by atoms with Gasteiger partial charge in [0.2, 0.25) is 5.91 Å². The average Bonchev–Trinajstić information content (AvgIpc) is 2.63. The first kappa shape index (κ1) is 20.7. The monoisotopic (exact) mass is 394 g/mol. The van der Waals surface area contributed by atoms with Gasteiger partial charge < -0.3 is 10.4 Å². The molecule has 4 nitrogen and oxygen atoms in total. The molecular weight excluding hydrogens is 371 g/mol. The van der Waals surface area contributed by atoms with Gasteiger partial charge in [0.15, 0.2) is 0 Å². The van der Waals surface area contributed by atoms with Crippen LogP contribution < -0.4 is 5.32 Å². The Labute approximate surface area is 164 Å². The molecule has 1 amide bonds. The lowest BCUT2D eigenvalue weighted by Gasteiger charge is -2.27. The molecule has 0 unspecified atom stereocenters. The molecule has 0 radical (unpaired) electrons. The third-order valence-electron chi connectivity index (χ3n) is 4.26. The number of hydrogen-bond donors (Lipinski definition) is 2. The molecule has 0 aliphatic carbocycles. The Kier molecular flexibility index (Phi) is 8.39. The summed E-state index contributed by atoms with van der Waals surface area (Å²) < 4.78 is 0. The zero-order valence-corrected chi connectivity index (χ0v) is 16.3. The molecule has 0 heterocycles. The standard InChI is InChI=1S/C20H24Cl2N2O2/c1-24(18(11-13-25)15-6-3-2-4-7-15)14-19(26)23-12-10-16-8-5-9-17(21)20(16)22/h2-9,18,25H,10-14H2,1H3,(H,23,26)/t18-/m1/s1. The predicted molar refractivity (Wildman–Crippen MR) is 107 cm³/mol. The van der Waals surface area contributed by atoms with Crippen LogP contribution in [0.25, 0.3) is 0 Å². The second-order valence-corrected chi connectivity index (χ2v) is 6.95. The fourth-order valence-corrected chi connectivity index (χ4v) is 3.32. The lowest BCUT2D eigenvalue weighted by atomic mass is 10.0. The molecule has 0 bridgehead atoms. The van der Waals surface area contributed by atoms with Crippen LogP contribution in [-0.2, 0) is 11.2 Å².